The molecule has 3 N–H and O–H groups in total. The largest absolute Gasteiger partial charge is 0.493 e. The van der Waals surface area contributed by atoms with Crippen LogP contribution in [-0.4, -0.2) is 55.5 Å². The van der Waals surface area contributed by atoms with Crippen molar-refractivity contribution in [1.29, 1.82) is 0 Å². The third kappa shape index (κ3) is 7.14. The number of hydrogen-bond acceptors (Lipinski definition) is 5. The fourth-order valence-corrected chi connectivity index (χ4v) is 4.09. The molecule has 0 amide bonds. The Labute approximate surface area is 167 Å². The number of hydrogen-bond donors (Lipinski definition) is 3. The van der Waals surface area contributed by atoms with Crippen molar-refractivity contribution in [2.24, 2.45) is 4.99 Å². The highest BCUT2D eigenvalue weighted by molar-refractivity contribution is 7.99. The Hall–Kier alpha value is -1.60. The molecule has 0 bridgehead atoms. The number of aliphatic imine (C=N–C) groups is 1. The van der Waals surface area contributed by atoms with E-state index < -0.39 is 0 Å². The van der Waals surface area contributed by atoms with Gasteiger partial charge in [0, 0.05) is 17.8 Å². The quantitative estimate of drug-likeness (QED) is 0.441. The minimum Gasteiger partial charge on any atom is -0.493 e. The third-order valence-corrected chi connectivity index (χ3v) is 5.74. The van der Waals surface area contributed by atoms with E-state index >= 15 is 0 Å². The lowest BCUT2D eigenvalue weighted by molar-refractivity contribution is 0.196. The number of nitrogens with zero attached hydrogens (tertiary/aromatic N) is 1. The van der Waals surface area contributed by atoms with Crippen molar-refractivity contribution >= 4 is 17.7 Å². The van der Waals surface area contributed by atoms with Gasteiger partial charge in [0.25, 0.3) is 0 Å². The summed E-state index contributed by atoms with van der Waals surface area (Å²) in [7, 11) is 1.62. The first kappa shape index (κ1) is 21.7. The second-order valence-electron chi connectivity index (χ2n) is 6.62. The highest BCUT2D eigenvalue weighted by Crippen LogP contribution is 2.28. The maximum atomic E-state index is 8.91. The van der Waals surface area contributed by atoms with Crippen LogP contribution in [-0.2, 0) is 6.54 Å². The van der Waals surface area contributed by atoms with Gasteiger partial charge in [-0.1, -0.05) is 12.5 Å². The maximum absolute atomic E-state index is 8.91. The summed E-state index contributed by atoms with van der Waals surface area (Å²) >= 11 is 1.97. The molecule has 0 spiro atoms. The Kier molecular flexibility index (Phi) is 9.62. The number of thioether (sulfide) groups is 1. The summed E-state index contributed by atoms with van der Waals surface area (Å²) in [5, 5.41) is 16.6. The molecule has 2 rings (SSSR count). The van der Waals surface area contributed by atoms with Gasteiger partial charge in [-0.2, -0.15) is 11.8 Å². The Morgan fingerprint density at radius 1 is 1.33 bits per heavy atom. The average Bonchev–Trinajstić information content (AvgIpc) is 2.71. The molecule has 1 aromatic rings. The second-order valence-corrected chi connectivity index (χ2v) is 7.76. The summed E-state index contributed by atoms with van der Waals surface area (Å²) in [5.74, 6) is 2.16. The Morgan fingerprint density at radius 2 is 2.19 bits per heavy atom. The molecule has 1 fully saturated rings. The van der Waals surface area contributed by atoms with Crippen molar-refractivity contribution in [1.82, 2.24) is 10.6 Å². The molecule has 7 heteroatoms. The third-order valence-electron chi connectivity index (χ3n) is 4.64. The van der Waals surface area contributed by atoms with E-state index in [9.17, 15) is 0 Å². The monoisotopic (exact) mass is 395 g/mol. The lowest BCUT2D eigenvalue weighted by Gasteiger charge is -2.29. The molecule has 1 aliphatic rings. The molecule has 6 nitrogen and oxygen atoms in total. The number of nitrogens with one attached hydrogen (secondary N) is 2. The molecular weight excluding hydrogens is 362 g/mol. The van der Waals surface area contributed by atoms with E-state index in [0.29, 0.717) is 24.1 Å². The number of methoxy groups -OCH3 is 1. The van der Waals surface area contributed by atoms with E-state index in [0.717, 1.165) is 23.3 Å². The summed E-state index contributed by atoms with van der Waals surface area (Å²) in [6, 6.07) is 6.26. The van der Waals surface area contributed by atoms with Crippen LogP contribution >= 0.6 is 11.8 Å². The lowest BCUT2D eigenvalue weighted by Crippen LogP contribution is -2.45. The van der Waals surface area contributed by atoms with Crippen molar-refractivity contribution in [3.05, 3.63) is 23.8 Å². The van der Waals surface area contributed by atoms with E-state index in [1.54, 1.807) is 7.11 Å². The smallest absolute Gasteiger partial charge is 0.191 e. The molecular formula is C20H33N3O3S. The second kappa shape index (κ2) is 12.0. The number of aliphatic hydroxyl groups excluding tert-OH is 1. The average molecular weight is 396 g/mol. The zero-order chi connectivity index (χ0) is 19.5. The standard InChI is InChI=1S/C20H33N3O3S/c1-4-21-20(23-16-6-5-7-17(13-16)27-3)22-14-15-8-9-18(26-11-10-24)19(12-15)25-2/h8-9,12,16-17,24H,4-7,10-11,13-14H2,1-3H3,(H2,21,22,23). The van der Waals surface area contributed by atoms with E-state index in [2.05, 4.69) is 23.8 Å². The molecule has 2 atom stereocenters. The van der Waals surface area contributed by atoms with Crippen LogP contribution in [0.2, 0.25) is 0 Å². The van der Waals surface area contributed by atoms with Gasteiger partial charge < -0.3 is 25.2 Å². The summed E-state index contributed by atoms with van der Waals surface area (Å²) in [4.78, 5) is 4.75. The zero-order valence-electron chi connectivity index (χ0n) is 16.7. The molecule has 152 valence electrons. The van der Waals surface area contributed by atoms with Crippen LogP contribution < -0.4 is 20.1 Å². The van der Waals surface area contributed by atoms with Crippen molar-refractivity contribution in [2.45, 2.75) is 50.4 Å². The summed E-state index contributed by atoms with van der Waals surface area (Å²) in [6.45, 7) is 3.71. The van der Waals surface area contributed by atoms with Crippen LogP contribution in [0.5, 0.6) is 11.5 Å². The van der Waals surface area contributed by atoms with Gasteiger partial charge in [0.1, 0.15) is 6.61 Å². The van der Waals surface area contributed by atoms with Crippen LogP contribution in [0, 0.1) is 0 Å². The van der Waals surface area contributed by atoms with Crippen molar-refractivity contribution in [3.8, 4) is 11.5 Å². The zero-order valence-corrected chi connectivity index (χ0v) is 17.5. The number of rotatable bonds is 9. The topological polar surface area (TPSA) is 75.1 Å². The summed E-state index contributed by atoms with van der Waals surface area (Å²) < 4.78 is 10.9. The van der Waals surface area contributed by atoms with Crippen molar-refractivity contribution in [3.63, 3.8) is 0 Å². The first-order chi connectivity index (χ1) is 13.2. The lowest BCUT2D eigenvalue weighted by atomic mass is 9.95. The van der Waals surface area contributed by atoms with Crippen LogP contribution in [0.1, 0.15) is 38.2 Å². The minimum absolute atomic E-state index is 0.0223. The number of guanidine groups is 1. The van der Waals surface area contributed by atoms with Crippen LogP contribution in [0.25, 0.3) is 0 Å². The molecule has 2 unspecified atom stereocenters. The molecule has 0 aliphatic heterocycles. The van der Waals surface area contributed by atoms with Gasteiger partial charge in [0.15, 0.2) is 17.5 Å². The van der Waals surface area contributed by atoms with Gasteiger partial charge in [-0.25, -0.2) is 4.99 Å². The predicted octanol–water partition coefficient (Wildman–Crippen LogP) is 2.80. The van der Waals surface area contributed by atoms with E-state index in [1.807, 2.05) is 30.0 Å². The van der Waals surface area contributed by atoms with Crippen LogP contribution in [0.4, 0.5) is 0 Å². The molecule has 0 radical (unpaired) electrons. The normalized spacial score (nSPS) is 20.2. The molecule has 1 saturated carbocycles. The van der Waals surface area contributed by atoms with E-state index in [-0.39, 0.29) is 13.2 Å². The van der Waals surface area contributed by atoms with Gasteiger partial charge in [0.2, 0.25) is 0 Å². The predicted molar refractivity (Wildman–Crippen MR) is 113 cm³/mol. The van der Waals surface area contributed by atoms with Crippen molar-refractivity contribution in [2.75, 3.05) is 33.1 Å². The van der Waals surface area contributed by atoms with Gasteiger partial charge in [0.05, 0.1) is 20.3 Å². The molecule has 1 aromatic carbocycles. The Balaban J connectivity index is 2.00. The number of benzene rings is 1. The summed E-state index contributed by atoms with van der Waals surface area (Å²) in [6.07, 6.45) is 7.18. The van der Waals surface area contributed by atoms with E-state index in [1.165, 1.54) is 25.7 Å². The molecule has 0 heterocycles. The molecule has 0 aromatic heterocycles. The highest BCUT2D eigenvalue weighted by atomic mass is 32.2. The first-order valence-corrected chi connectivity index (χ1v) is 11.0. The molecule has 27 heavy (non-hydrogen) atoms. The SMILES string of the molecule is CCNC(=NCc1ccc(OCCO)c(OC)c1)NC1CCCC(SC)C1. The maximum Gasteiger partial charge on any atom is 0.191 e. The van der Waals surface area contributed by atoms with Gasteiger partial charge in [-0.3, -0.25) is 0 Å². The molecule has 0 saturated heterocycles. The minimum atomic E-state index is -0.0223. The number of ether oxygens (including phenoxy) is 2. The fourth-order valence-electron chi connectivity index (χ4n) is 3.26. The van der Waals surface area contributed by atoms with Crippen LogP contribution in [0.3, 0.4) is 0 Å². The van der Waals surface area contributed by atoms with Gasteiger partial charge in [-0.15, -0.1) is 0 Å². The van der Waals surface area contributed by atoms with E-state index in [4.69, 9.17) is 19.6 Å². The first-order valence-electron chi connectivity index (χ1n) is 9.68. The Morgan fingerprint density at radius 3 is 2.89 bits per heavy atom. The number of aliphatic hydroxyl groups is 1. The summed E-state index contributed by atoms with van der Waals surface area (Å²) in [5.41, 5.74) is 1.05. The Bertz CT molecular complexity index is 598. The van der Waals surface area contributed by atoms with Gasteiger partial charge >= 0.3 is 0 Å². The van der Waals surface area contributed by atoms with Gasteiger partial charge in [-0.05, 0) is 50.1 Å². The van der Waals surface area contributed by atoms with Crippen LogP contribution in [0.15, 0.2) is 23.2 Å². The fraction of sp³-hybridized carbons (Fsp3) is 0.650. The molecule has 1 aliphatic carbocycles. The van der Waals surface area contributed by atoms with Crippen molar-refractivity contribution < 1.29 is 14.6 Å². The highest BCUT2D eigenvalue weighted by Gasteiger charge is 2.21.